The number of halogens is 4. The van der Waals surface area contributed by atoms with Crippen LogP contribution in [0.1, 0.15) is 29.2 Å². The van der Waals surface area contributed by atoms with Crippen molar-refractivity contribution in [2.24, 2.45) is 0 Å². The molecule has 2 unspecified atom stereocenters. The number of benzene rings is 1. The summed E-state index contributed by atoms with van der Waals surface area (Å²) in [4.78, 5) is 12.3. The first-order valence-electron chi connectivity index (χ1n) is 7.57. The molecule has 0 aliphatic carbocycles. The second kappa shape index (κ2) is 6.64. The highest BCUT2D eigenvalue weighted by Crippen LogP contribution is 2.34. The van der Waals surface area contributed by atoms with Crippen LogP contribution in [0.5, 0.6) is 0 Å². The molecule has 1 aliphatic rings. The Morgan fingerprint density at radius 1 is 1.38 bits per heavy atom. The maximum Gasteiger partial charge on any atom is 0.389 e. The van der Waals surface area contributed by atoms with Crippen molar-refractivity contribution in [3.05, 3.63) is 36.0 Å². The molecular formula is C16H16ClF3N2O2. The minimum atomic E-state index is -4.21. The largest absolute Gasteiger partial charge is 0.389 e. The Morgan fingerprint density at radius 3 is 2.75 bits per heavy atom. The third-order valence-electron chi connectivity index (χ3n) is 3.99. The van der Waals surface area contributed by atoms with Crippen molar-refractivity contribution in [2.75, 3.05) is 13.2 Å². The smallest absolute Gasteiger partial charge is 0.358 e. The molecule has 130 valence electrons. The summed E-state index contributed by atoms with van der Waals surface area (Å²) in [6.45, 7) is 0.433. The van der Waals surface area contributed by atoms with Gasteiger partial charge in [-0.2, -0.15) is 13.2 Å². The van der Waals surface area contributed by atoms with Crippen LogP contribution in [0.2, 0.25) is 0 Å². The minimum absolute atomic E-state index is 0.0253. The number of carbonyl (C=O) groups is 1. The molecule has 1 saturated heterocycles. The summed E-state index contributed by atoms with van der Waals surface area (Å²) in [5.41, 5.74) is 0.814. The lowest BCUT2D eigenvalue weighted by Gasteiger charge is -2.33. The highest BCUT2D eigenvalue weighted by molar-refractivity contribution is 6.20. The first-order chi connectivity index (χ1) is 11.4. The van der Waals surface area contributed by atoms with Gasteiger partial charge >= 0.3 is 6.18 Å². The quantitative estimate of drug-likeness (QED) is 0.650. The lowest BCUT2D eigenvalue weighted by atomic mass is 10.1. The number of alkyl halides is 4. The van der Waals surface area contributed by atoms with Gasteiger partial charge in [-0.05, 0) is 12.5 Å². The number of rotatable bonds is 5. The van der Waals surface area contributed by atoms with Crippen LogP contribution in [-0.4, -0.2) is 35.4 Å². The van der Waals surface area contributed by atoms with Gasteiger partial charge in [0.2, 0.25) is 0 Å². The van der Waals surface area contributed by atoms with Crippen molar-refractivity contribution in [3.63, 3.8) is 0 Å². The predicted octanol–water partition coefficient (Wildman–Crippen LogP) is 3.85. The fraction of sp³-hybridized carbons (Fsp3) is 0.438. The molecule has 1 N–H and O–H groups in total. The maximum atomic E-state index is 12.3. The molecule has 1 aliphatic heterocycles. The topological polar surface area (TPSA) is 43.3 Å². The molecule has 1 aromatic carbocycles. The van der Waals surface area contributed by atoms with Crippen LogP contribution < -0.4 is 5.32 Å². The molecule has 24 heavy (non-hydrogen) atoms. The van der Waals surface area contributed by atoms with E-state index in [0.717, 1.165) is 10.9 Å². The molecule has 0 radical (unpaired) electrons. The van der Waals surface area contributed by atoms with Crippen LogP contribution in [0.15, 0.2) is 30.5 Å². The number of aromatic nitrogens is 1. The molecule has 1 amide bonds. The zero-order valence-corrected chi connectivity index (χ0v) is 13.4. The molecule has 2 atom stereocenters. The van der Waals surface area contributed by atoms with Crippen LogP contribution in [-0.2, 0) is 4.74 Å². The first kappa shape index (κ1) is 17.1. The second-order valence-corrected chi connectivity index (χ2v) is 6.12. The molecule has 2 heterocycles. The summed E-state index contributed by atoms with van der Waals surface area (Å²) in [6, 6.07) is 7.27. The summed E-state index contributed by atoms with van der Waals surface area (Å²) < 4.78 is 43.5. The third-order valence-corrected chi connectivity index (χ3v) is 4.41. The van der Waals surface area contributed by atoms with Gasteiger partial charge in [-0.15, -0.1) is 0 Å². The highest BCUT2D eigenvalue weighted by Gasteiger charge is 2.33. The summed E-state index contributed by atoms with van der Waals surface area (Å²) in [6.07, 6.45) is -3.58. The number of nitrogens with zero attached hydrogens (tertiary/aromatic N) is 1. The number of carbonyl (C=O) groups excluding carboxylic acids is 1. The monoisotopic (exact) mass is 360 g/mol. The van der Waals surface area contributed by atoms with Gasteiger partial charge in [-0.3, -0.25) is 4.79 Å². The second-order valence-electron chi connectivity index (χ2n) is 5.69. The SMILES string of the molecule is O=C(NCCCC(F)(F)F)c1cn(C2COC2Cl)c2ccccc12. The summed E-state index contributed by atoms with van der Waals surface area (Å²) in [5.74, 6) is -0.390. The summed E-state index contributed by atoms with van der Waals surface area (Å²) in [7, 11) is 0. The van der Waals surface area contributed by atoms with Gasteiger partial charge in [-0.1, -0.05) is 29.8 Å². The standard InChI is InChI=1S/C16H16ClF3N2O2/c17-14-13(9-24-14)22-8-11(10-4-1-2-5-12(10)22)15(23)21-7-3-6-16(18,19)20/h1-2,4-5,8,13-14H,3,6-7,9H2,(H,21,23). The lowest BCUT2D eigenvalue weighted by Crippen LogP contribution is -2.37. The fourth-order valence-corrected chi connectivity index (χ4v) is 2.97. The van der Waals surface area contributed by atoms with Gasteiger partial charge in [0.15, 0.2) is 5.56 Å². The van der Waals surface area contributed by atoms with Crippen LogP contribution in [0.3, 0.4) is 0 Å². The van der Waals surface area contributed by atoms with Crippen LogP contribution >= 0.6 is 11.6 Å². The Morgan fingerprint density at radius 2 is 2.12 bits per heavy atom. The Balaban J connectivity index is 1.75. The predicted molar refractivity (Wildman–Crippen MR) is 84.2 cm³/mol. The van der Waals surface area contributed by atoms with Gasteiger partial charge in [0.05, 0.1) is 18.2 Å². The van der Waals surface area contributed by atoms with Crippen molar-refractivity contribution in [1.29, 1.82) is 0 Å². The van der Waals surface area contributed by atoms with Gasteiger partial charge < -0.3 is 14.6 Å². The van der Waals surface area contributed by atoms with E-state index in [9.17, 15) is 18.0 Å². The lowest BCUT2D eigenvalue weighted by molar-refractivity contribution is -0.135. The normalized spacial score (nSPS) is 20.8. The van der Waals surface area contributed by atoms with E-state index in [0.29, 0.717) is 12.2 Å². The Kier molecular flexibility index (Phi) is 4.73. The number of amides is 1. The van der Waals surface area contributed by atoms with Crippen molar-refractivity contribution >= 4 is 28.4 Å². The van der Waals surface area contributed by atoms with Crippen LogP contribution in [0.25, 0.3) is 10.9 Å². The van der Waals surface area contributed by atoms with E-state index < -0.39 is 24.1 Å². The molecule has 1 fully saturated rings. The maximum absolute atomic E-state index is 12.3. The molecule has 0 spiro atoms. The first-order valence-corrected chi connectivity index (χ1v) is 8.00. The average Bonchev–Trinajstić information content (AvgIpc) is 2.89. The Labute approximate surface area is 141 Å². The number of para-hydroxylation sites is 1. The number of hydrogen-bond donors (Lipinski definition) is 1. The Bertz CT molecular complexity index is 744. The minimum Gasteiger partial charge on any atom is -0.358 e. The number of hydrogen-bond acceptors (Lipinski definition) is 2. The zero-order valence-electron chi connectivity index (χ0n) is 12.6. The molecule has 0 saturated carbocycles. The average molecular weight is 361 g/mol. The number of ether oxygens (including phenoxy) is 1. The number of fused-ring (bicyclic) bond motifs is 1. The zero-order chi connectivity index (χ0) is 17.3. The van der Waals surface area contributed by atoms with E-state index in [-0.39, 0.29) is 19.0 Å². The van der Waals surface area contributed by atoms with Crippen LogP contribution in [0, 0.1) is 0 Å². The van der Waals surface area contributed by atoms with Gasteiger partial charge in [-0.25, -0.2) is 0 Å². The van der Waals surface area contributed by atoms with E-state index in [1.165, 1.54) is 0 Å². The molecular weight excluding hydrogens is 345 g/mol. The van der Waals surface area contributed by atoms with Crippen LogP contribution in [0.4, 0.5) is 13.2 Å². The molecule has 3 rings (SSSR count). The summed E-state index contributed by atoms with van der Waals surface area (Å²) >= 11 is 6.03. The fourth-order valence-electron chi connectivity index (χ4n) is 2.71. The van der Waals surface area contributed by atoms with E-state index >= 15 is 0 Å². The molecule has 4 nitrogen and oxygen atoms in total. The molecule has 8 heteroatoms. The van der Waals surface area contributed by atoms with E-state index in [2.05, 4.69) is 5.32 Å². The van der Waals surface area contributed by atoms with E-state index in [1.54, 1.807) is 12.3 Å². The van der Waals surface area contributed by atoms with Gasteiger partial charge in [0.25, 0.3) is 5.91 Å². The molecule has 2 aromatic rings. The van der Waals surface area contributed by atoms with Gasteiger partial charge in [0.1, 0.15) is 0 Å². The highest BCUT2D eigenvalue weighted by atomic mass is 35.5. The molecule has 1 aromatic heterocycles. The Hall–Kier alpha value is -1.73. The van der Waals surface area contributed by atoms with E-state index in [1.807, 2.05) is 22.8 Å². The van der Waals surface area contributed by atoms with E-state index in [4.69, 9.17) is 16.3 Å². The number of nitrogens with one attached hydrogen (secondary N) is 1. The van der Waals surface area contributed by atoms with Crippen molar-refractivity contribution < 1.29 is 22.7 Å². The molecule has 0 bridgehead atoms. The van der Waals surface area contributed by atoms with Gasteiger partial charge in [0, 0.05) is 30.1 Å². The van der Waals surface area contributed by atoms with Crippen molar-refractivity contribution in [2.45, 2.75) is 30.6 Å². The third kappa shape index (κ3) is 3.52. The van der Waals surface area contributed by atoms with Crippen molar-refractivity contribution in [3.8, 4) is 0 Å². The van der Waals surface area contributed by atoms with Crippen molar-refractivity contribution in [1.82, 2.24) is 9.88 Å². The summed E-state index contributed by atoms with van der Waals surface area (Å²) in [5, 5.41) is 3.28.